The Hall–Kier alpha value is -1.89. The van der Waals surface area contributed by atoms with Crippen LogP contribution >= 0.6 is 11.3 Å². The minimum absolute atomic E-state index is 0.430. The molecule has 2 heterocycles. The van der Waals surface area contributed by atoms with E-state index in [0.717, 1.165) is 47.6 Å². The number of thiazole rings is 1. The predicted octanol–water partition coefficient (Wildman–Crippen LogP) is 2.35. The lowest BCUT2D eigenvalue weighted by Gasteiger charge is -2.10. The molecule has 0 aliphatic rings. The number of nitrogens with zero attached hydrogens (tertiary/aromatic N) is 3. The van der Waals surface area contributed by atoms with Crippen molar-refractivity contribution in [3.63, 3.8) is 0 Å². The number of nitrogens with one attached hydrogen (secondary N) is 2. The molecule has 120 valence electrons. The Kier molecular flexibility index (Phi) is 5.94. The molecule has 6 nitrogen and oxygen atoms in total. The summed E-state index contributed by atoms with van der Waals surface area (Å²) in [6.45, 7) is 9.94. The number of guanidine groups is 1. The van der Waals surface area contributed by atoms with Crippen LogP contribution in [0.4, 0.5) is 0 Å². The summed E-state index contributed by atoms with van der Waals surface area (Å²) in [5.74, 6) is 2.26. The molecule has 2 aromatic rings. The fourth-order valence-corrected chi connectivity index (χ4v) is 2.57. The summed E-state index contributed by atoms with van der Waals surface area (Å²) >= 11 is 1.68. The summed E-state index contributed by atoms with van der Waals surface area (Å²) in [5, 5.41) is 9.72. The summed E-state index contributed by atoms with van der Waals surface area (Å²) < 4.78 is 5.54. The molecule has 2 N–H and O–H groups in total. The zero-order valence-electron chi connectivity index (χ0n) is 13.6. The third kappa shape index (κ3) is 4.84. The van der Waals surface area contributed by atoms with Crippen molar-refractivity contribution in [2.75, 3.05) is 13.1 Å². The highest BCUT2D eigenvalue weighted by Gasteiger charge is 2.05. The molecule has 0 aliphatic heterocycles. The van der Waals surface area contributed by atoms with Gasteiger partial charge >= 0.3 is 0 Å². The zero-order valence-corrected chi connectivity index (χ0v) is 14.4. The quantitative estimate of drug-likeness (QED) is 0.631. The molecule has 0 saturated heterocycles. The molecule has 2 rings (SSSR count). The van der Waals surface area contributed by atoms with E-state index in [4.69, 9.17) is 4.42 Å². The molecule has 0 atom stereocenters. The zero-order chi connectivity index (χ0) is 15.9. The van der Waals surface area contributed by atoms with Crippen LogP contribution < -0.4 is 10.6 Å². The molecule has 2 aromatic heterocycles. The summed E-state index contributed by atoms with van der Waals surface area (Å²) in [7, 11) is 0. The van der Waals surface area contributed by atoms with Gasteiger partial charge in [-0.15, -0.1) is 11.3 Å². The second kappa shape index (κ2) is 7.93. The smallest absolute Gasteiger partial charge is 0.216 e. The first-order valence-electron chi connectivity index (χ1n) is 7.44. The first-order chi connectivity index (χ1) is 10.6. The van der Waals surface area contributed by atoms with E-state index in [1.807, 2.05) is 27.7 Å². The molecule has 22 heavy (non-hydrogen) atoms. The molecule has 0 spiro atoms. The van der Waals surface area contributed by atoms with E-state index in [9.17, 15) is 0 Å². The van der Waals surface area contributed by atoms with E-state index >= 15 is 0 Å². The van der Waals surface area contributed by atoms with Crippen LogP contribution in [0.5, 0.6) is 0 Å². The van der Waals surface area contributed by atoms with Gasteiger partial charge in [0, 0.05) is 24.9 Å². The molecular weight excluding hydrogens is 298 g/mol. The maximum Gasteiger partial charge on any atom is 0.216 e. The van der Waals surface area contributed by atoms with E-state index in [-0.39, 0.29) is 0 Å². The van der Waals surface area contributed by atoms with Crippen molar-refractivity contribution in [2.45, 2.75) is 40.7 Å². The van der Waals surface area contributed by atoms with Gasteiger partial charge in [-0.2, -0.15) is 0 Å². The molecule has 0 aromatic carbocycles. The van der Waals surface area contributed by atoms with E-state index < -0.39 is 0 Å². The number of rotatable bonds is 6. The fourth-order valence-electron chi connectivity index (χ4n) is 1.93. The van der Waals surface area contributed by atoms with Crippen LogP contribution in [0.25, 0.3) is 0 Å². The lowest BCUT2D eigenvalue weighted by Crippen LogP contribution is -2.38. The second-order valence-electron chi connectivity index (χ2n) is 4.98. The maximum absolute atomic E-state index is 5.54. The highest BCUT2D eigenvalue weighted by molar-refractivity contribution is 7.09. The van der Waals surface area contributed by atoms with Crippen LogP contribution in [0.1, 0.15) is 35.0 Å². The van der Waals surface area contributed by atoms with Gasteiger partial charge < -0.3 is 15.1 Å². The minimum atomic E-state index is 0.430. The van der Waals surface area contributed by atoms with E-state index in [1.54, 1.807) is 11.3 Å². The summed E-state index contributed by atoms with van der Waals surface area (Å²) in [6, 6.07) is 0. The molecule has 0 bridgehead atoms. The number of aliphatic imine (C=N–C) groups is 1. The van der Waals surface area contributed by atoms with Gasteiger partial charge in [0.2, 0.25) is 5.89 Å². The normalized spacial score (nSPS) is 11.7. The number of aromatic nitrogens is 2. The van der Waals surface area contributed by atoms with Crippen molar-refractivity contribution < 1.29 is 4.42 Å². The Morgan fingerprint density at radius 2 is 2.09 bits per heavy atom. The van der Waals surface area contributed by atoms with E-state index in [1.165, 1.54) is 0 Å². The summed E-state index contributed by atoms with van der Waals surface area (Å²) in [5.41, 5.74) is 2.03. The molecule has 0 aliphatic carbocycles. The van der Waals surface area contributed by atoms with Gasteiger partial charge in [0.05, 0.1) is 16.4 Å². The monoisotopic (exact) mass is 321 g/mol. The summed E-state index contributed by atoms with van der Waals surface area (Å²) in [4.78, 5) is 13.3. The van der Waals surface area contributed by atoms with Crippen LogP contribution in [-0.4, -0.2) is 29.0 Å². The molecule has 0 fully saturated rings. The van der Waals surface area contributed by atoms with Gasteiger partial charge in [0.15, 0.2) is 5.96 Å². The van der Waals surface area contributed by atoms with Crippen LogP contribution in [0.2, 0.25) is 0 Å². The van der Waals surface area contributed by atoms with Gasteiger partial charge in [0.1, 0.15) is 12.3 Å². The Morgan fingerprint density at radius 1 is 1.27 bits per heavy atom. The van der Waals surface area contributed by atoms with Crippen LogP contribution in [0.3, 0.4) is 0 Å². The first-order valence-corrected chi connectivity index (χ1v) is 8.32. The first kappa shape index (κ1) is 16.5. The fraction of sp³-hybridized carbons (Fsp3) is 0.533. The van der Waals surface area contributed by atoms with Crippen LogP contribution in [-0.2, 0) is 13.0 Å². The van der Waals surface area contributed by atoms with Crippen molar-refractivity contribution in [1.82, 2.24) is 20.6 Å². The molecule has 0 saturated carbocycles. The predicted molar refractivity (Wildman–Crippen MR) is 89.4 cm³/mol. The third-order valence-electron chi connectivity index (χ3n) is 3.13. The number of oxazole rings is 1. The van der Waals surface area contributed by atoms with E-state index in [2.05, 4.69) is 31.0 Å². The Morgan fingerprint density at radius 3 is 2.68 bits per heavy atom. The van der Waals surface area contributed by atoms with Gasteiger partial charge in [-0.1, -0.05) is 0 Å². The van der Waals surface area contributed by atoms with E-state index in [0.29, 0.717) is 12.4 Å². The van der Waals surface area contributed by atoms with Crippen molar-refractivity contribution in [3.8, 4) is 0 Å². The van der Waals surface area contributed by atoms with Gasteiger partial charge in [-0.3, -0.25) is 0 Å². The average molecular weight is 321 g/mol. The maximum atomic E-state index is 5.54. The number of aryl methyl sites for hydroxylation is 3. The second-order valence-corrected chi connectivity index (χ2v) is 6.04. The minimum Gasteiger partial charge on any atom is -0.444 e. The topological polar surface area (TPSA) is 75.3 Å². The van der Waals surface area contributed by atoms with Crippen molar-refractivity contribution in [3.05, 3.63) is 33.4 Å². The van der Waals surface area contributed by atoms with Crippen molar-refractivity contribution in [2.24, 2.45) is 4.99 Å². The Balaban J connectivity index is 1.86. The molecule has 0 unspecified atom stereocenters. The third-order valence-corrected chi connectivity index (χ3v) is 3.95. The molecule has 7 heteroatoms. The van der Waals surface area contributed by atoms with Crippen LogP contribution in [0.15, 0.2) is 14.8 Å². The Bertz CT molecular complexity index is 612. The van der Waals surface area contributed by atoms with Crippen molar-refractivity contribution >= 4 is 17.3 Å². The highest BCUT2D eigenvalue weighted by atomic mass is 32.1. The average Bonchev–Trinajstić information content (AvgIpc) is 3.03. The molecule has 0 amide bonds. The largest absolute Gasteiger partial charge is 0.444 e. The number of hydrogen-bond donors (Lipinski definition) is 2. The SMILES string of the molecule is CCNC(=NCc1nc(C)c(C)o1)NCCc1csc(C)n1. The summed E-state index contributed by atoms with van der Waals surface area (Å²) in [6.07, 6.45) is 0.881. The lowest BCUT2D eigenvalue weighted by atomic mass is 10.3. The van der Waals surface area contributed by atoms with Gasteiger partial charge in [0.25, 0.3) is 0 Å². The standard InChI is InChI=1S/C15H23N5OS/c1-5-16-15(17-7-6-13-9-22-12(4)20-13)18-8-14-19-10(2)11(3)21-14/h9H,5-8H2,1-4H3,(H2,16,17,18). The van der Waals surface area contributed by atoms with Gasteiger partial charge in [-0.25, -0.2) is 15.0 Å². The number of hydrogen-bond acceptors (Lipinski definition) is 5. The molecular formula is C15H23N5OS. The van der Waals surface area contributed by atoms with Crippen molar-refractivity contribution in [1.29, 1.82) is 0 Å². The van der Waals surface area contributed by atoms with Gasteiger partial charge in [-0.05, 0) is 27.7 Å². The lowest BCUT2D eigenvalue weighted by molar-refractivity contribution is 0.473. The highest BCUT2D eigenvalue weighted by Crippen LogP contribution is 2.09. The molecule has 0 radical (unpaired) electrons. The Labute approximate surface area is 135 Å². The van der Waals surface area contributed by atoms with Crippen LogP contribution in [0, 0.1) is 20.8 Å².